The highest BCUT2D eigenvalue weighted by atomic mass is 16.5. The van der Waals surface area contributed by atoms with Crippen molar-refractivity contribution in [3.8, 4) is 0 Å². The van der Waals surface area contributed by atoms with Crippen LogP contribution < -0.4 is 0 Å². The van der Waals surface area contributed by atoms with E-state index < -0.39 is 0 Å². The fraction of sp³-hybridized carbons (Fsp3) is 0.133. The van der Waals surface area contributed by atoms with Crippen LogP contribution in [0.2, 0.25) is 0 Å². The molecule has 2 heteroatoms. The molecule has 0 unspecified atom stereocenters. The van der Waals surface area contributed by atoms with Crippen LogP contribution in [-0.4, -0.2) is 12.6 Å². The Kier molecular flexibility index (Phi) is 3.24. The molecular weight excluding hydrogens is 212 g/mol. The predicted octanol–water partition coefficient (Wildman–Crippen LogP) is 3.42. The minimum atomic E-state index is -0.358. The summed E-state index contributed by atoms with van der Waals surface area (Å²) in [4.78, 5) is 11.7. The molecule has 0 heterocycles. The largest absolute Gasteiger partial charge is 0.462 e. The Hall–Kier alpha value is -2.09. The third-order valence-electron chi connectivity index (χ3n) is 2.64. The highest BCUT2D eigenvalue weighted by Crippen LogP contribution is 2.24. The van der Waals surface area contributed by atoms with E-state index in [0.717, 1.165) is 16.3 Å². The average Bonchev–Trinajstić information content (AvgIpc) is 2.37. The van der Waals surface area contributed by atoms with E-state index in [1.165, 1.54) is 0 Å². The van der Waals surface area contributed by atoms with Crippen molar-refractivity contribution >= 4 is 22.3 Å². The van der Waals surface area contributed by atoms with Crippen LogP contribution in [0, 0.1) is 0 Å². The summed E-state index contributed by atoms with van der Waals surface area (Å²) in [5, 5.41) is 2.11. The van der Waals surface area contributed by atoms with Gasteiger partial charge in [0.2, 0.25) is 0 Å². The van der Waals surface area contributed by atoms with E-state index in [9.17, 15) is 4.79 Å². The molecular formula is C15H14O2. The Bertz CT molecular complexity index is 565. The molecule has 2 nitrogen and oxygen atoms in total. The molecule has 0 aliphatic heterocycles. The van der Waals surface area contributed by atoms with Crippen LogP contribution in [0.1, 0.15) is 12.5 Å². The first-order valence-corrected chi connectivity index (χ1v) is 5.58. The molecule has 2 aromatic rings. The summed E-state index contributed by atoms with van der Waals surface area (Å²) in [6, 6.07) is 13.7. The maximum atomic E-state index is 11.7. The summed E-state index contributed by atoms with van der Waals surface area (Å²) in [5.41, 5.74) is 1.24. The molecule has 86 valence electrons. The van der Waals surface area contributed by atoms with Crippen molar-refractivity contribution in [3.05, 3.63) is 54.6 Å². The molecule has 0 aliphatic rings. The second-order valence-electron chi connectivity index (χ2n) is 3.73. The van der Waals surface area contributed by atoms with E-state index in [1.807, 2.05) is 42.5 Å². The summed E-state index contributed by atoms with van der Waals surface area (Å²) in [6.45, 7) is 5.97. The zero-order valence-corrected chi connectivity index (χ0v) is 9.77. The van der Waals surface area contributed by atoms with Crippen LogP contribution in [0.25, 0.3) is 16.3 Å². The monoisotopic (exact) mass is 226 g/mol. The third-order valence-corrected chi connectivity index (χ3v) is 2.64. The molecule has 2 aromatic carbocycles. The van der Waals surface area contributed by atoms with Crippen molar-refractivity contribution < 1.29 is 9.53 Å². The van der Waals surface area contributed by atoms with Gasteiger partial charge in [-0.25, -0.2) is 4.79 Å². The van der Waals surface area contributed by atoms with Crippen LogP contribution in [0.5, 0.6) is 0 Å². The number of ether oxygens (including phenoxy) is 1. The first-order valence-electron chi connectivity index (χ1n) is 5.58. The number of esters is 1. The number of carbonyl (C=O) groups is 1. The van der Waals surface area contributed by atoms with Gasteiger partial charge in [0, 0.05) is 0 Å². The molecule has 0 spiro atoms. The molecule has 2 rings (SSSR count). The van der Waals surface area contributed by atoms with Gasteiger partial charge in [0.25, 0.3) is 0 Å². The summed E-state index contributed by atoms with van der Waals surface area (Å²) >= 11 is 0. The van der Waals surface area contributed by atoms with Gasteiger partial charge in [-0.1, -0.05) is 49.0 Å². The Balaban J connectivity index is 2.48. The first kappa shape index (κ1) is 11.4. The quantitative estimate of drug-likeness (QED) is 0.592. The normalized spacial score (nSPS) is 10.2. The van der Waals surface area contributed by atoms with Gasteiger partial charge in [0.05, 0.1) is 12.2 Å². The van der Waals surface area contributed by atoms with Crippen molar-refractivity contribution in [2.45, 2.75) is 6.92 Å². The van der Waals surface area contributed by atoms with Crippen molar-refractivity contribution in [3.63, 3.8) is 0 Å². The molecule has 0 aromatic heterocycles. The molecule has 0 radical (unpaired) electrons. The van der Waals surface area contributed by atoms with E-state index in [1.54, 1.807) is 6.92 Å². The van der Waals surface area contributed by atoms with Crippen molar-refractivity contribution in [1.29, 1.82) is 0 Å². The van der Waals surface area contributed by atoms with Gasteiger partial charge in [-0.15, -0.1) is 0 Å². The maximum Gasteiger partial charge on any atom is 0.338 e. The lowest BCUT2D eigenvalue weighted by Gasteiger charge is -2.08. The summed E-state index contributed by atoms with van der Waals surface area (Å²) in [6.07, 6.45) is 0. The van der Waals surface area contributed by atoms with Gasteiger partial charge in [0.15, 0.2) is 0 Å². The second kappa shape index (κ2) is 4.83. The van der Waals surface area contributed by atoms with Gasteiger partial charge in [-0.05, 0) is 23.3 Å². The minimum absolute atomic E-state index is 0.358. The Labute approximate surface area is 101 Å². The van der Waals surface area contributed by atoms with Crippen LogP contribution in [-0.2, 0) is 9.53 Å². The summed E-state index contributed by atoms with van der Waals surface area (Å²) in [5.74, 6) is -0.358. The molecule has 0 atom stereocenters. The average molecular weight is 226 g/mol. The minimum Gasteiger partial charge on any atom is -0.462 e. The van der Waals surface area contributed by atoms with Crippen molar-refractivity contribution in [1.82, 2.24) is 0 Å². The number of hydrogen-bond donors (Lipinski definition) is 0. The smallest absolute Gasteiger partial charge is 0.338 e. The maximum absolute atomic E-state index is 11.7. The summed E-state index contributed by atoms with van der Waals surface area (Å²) in [7, 11) is 0. The van der Waals surface area contributed by atoms with Gasteiger partial charge >= 0.3 is 5.97 Å². The number of fused-ring (bicyclic) bond motifs is 1. The van der Waals surface area contributed by atoms with Gasteiger partial charge < -0.3 is 4.74 Å². The van der Waals surface area contributed by atoms with Crippen molar-refractivity contribution in [2.75, 3.05) is 6.61 Å². The molecule has 0 bridgehead atoms. The van der Waals surface area contributed by atoms with E-state index in [4.69, 9.17) is 4.74 Å². The zero-order valence-electron chi connectivity index (χ0n) is 9.77. The third kappa shape index (κ3) is 2.21. The Morgan fingerprint density at radius 2 is 1.88 bits per heavy atom. The molecule has 0 saturated heterocycles. The standard InChI is InChI=1S/C15H14O2/c1-3-17-15(16)11(2)13-10-6-8-12-7-4-5-9-14(12)13/h4-10H,2-3H2,1H3. The Morgan fingerprint density at radius 3 is 2.65 bits per heavy atom. The predicted molar refractivity (Wildman–Crippen MR) is 69.6 cm³/mol. The fourth-order valence-corrected chi connectivity index (χ4v) is 1.82. The second-order valence-corrected chi connectivity index (χ2v) is 3.73. The van der Waals surface area contributed by atoms with Crippen LogP contribution in [0.4, 0.5) is 0 Å². The number of benzene rings is 2. The molecule has 17 heavy (non-hydrogen) atoms. The van der Waals surface area contributed by atoms with E-state index in [2.05, 4.69) is 6.58 Å². The molecule has 0 amide bonds. The van der Waals surface area contributed by atoms with Crippen LogP contribution >= 0.6 is 0 Å². The van der Waals surface area contributed by atoms with Gasteiger partial charge in [0.1, 0.15) is 0 Å². The lowest BCUT2D eigenvalue weighted by atomic mass is 9.99. The molecule has 0 N–H and O–H groups in total. The van der Waals surface area contributed by atoms with Gasteiger partial charge in [-0.2, -0.15) is 0 Å². The van der Waals surface area contributed by atoms with Crippen molar-refractivity contribution in [2.24, 2.45) is 0 Å². The molecule has 0 aliphatic carbocycles. The van der Waals surface area contributed by atoms with Gasteiger partial charge in [-0.3, -0.25) is 0 Å². The lowest BCUT2D eigenvalue weighted by Crippen LogP contribution is -2.06. The van der Waals surface area contributed by atoms with E-state index in [-0.39, 0.29) is 5.97 Å². The molecule has 0 saturated carbocycles. The molecule has 0 fully saturated rings. The number of hydrogen-bond acceptors (Lipinski definition) is 2. The van der Waals surface area contributed by atoms with E-state index >= 15 is 0 Å². The number of rotatable bonds is 3. The summed E-state index contributed by atoms with van der Waals surface area (Å²) < 4.78 is 4.97. The van der Waals surface area contributed by atoms with Crippen LogP contribution in [0.3, 0.4) is 0 Å². The fourth-order valence-electron chi connectivity index (χ4n) is 1.82. The topological polar surface area (TPSA) is 26.3 Å². The highest BCUT2D eigenvalue weighted by Gasteiger charge is 2.12. The zero-order chi connectivity index (χ0) is 12.3. The van der Waals surface area contributed by atoms with E-state index in [0.29, 0.717) is 12.2 Å². The Morgan fingerprint density at radius 1 is 1.18 bits per heavy atom. The SMILES string of the molecule is C=C(C(=O)OCC)c1cccc2ccccc12. The highest BCUT2D eigenvalue weighted by molar-refractivity contribution is 6.19. The first-order chi connectivity index (χ1) is 8.24. The van der Waals surface area contributed by atoms with Crippen LogP contribution in [0.15, 0.2) is 49.0 Å². The lowest BCUT2D eigenvalue weighted by molar-refractivity contribution is -0.136. The number of carbonyl (C=O) groups excluding carboxylic acids is 1.